The summed E-state index contributed by atoms with van der Waals surface area (Å²) in [7, 11) is -3.51. The SMILES string of the molecule is O=S(=O)(CC=Cc1ccc(N2CCOCC2)nc1)n1ccc2cc(Cl)ccc21. The van der Waals surface area contributed by atoms with Crippen LogP contribution in [0, 0.1) is 0 Å². The molecular weight excluding hydrogens is 398 g/mol. The fourth-order valence-corrected chi connectivity index (χ4v) is 4.58. The Labute approximate surface area is 169 Å². The first-order valence-electron chi connectivity index (χ1n) is 8.98. The number of fused-ring (bicyclic) bond motifs is 1. The van der Waals surface area contributed by atoms with Crippen LogP contribution in [0.15, 0.2) is 54.9 Å². The molecule has 8 heteroatoms. The molecule has 0 bridgehead atoms. The van der Waals surface area contributed by atoms with Gasteiger partial charge in [-0.25, -0.2) is 17.4 Å². The quantitative estimate of drug-likeness (QED) is 0.636. The van der Waals surface area contributed by atoms with Crippen LogP contribution in [0.25, 0.3) is 17.0 Å². The Morgan fingerprint density at radius 2 is 1.96 bits per heavy atom. The number of halogens is 1. The highest BCUT2D eigenvalue weighted by molar-refractivity contribution is 7.90. The zero-order valence-electron chi connectivity index (χ0n) is 15.2. The zero-order chi connectivity index (χ0) is 19.6. The van der Waals surface area contributed by atoms with E-state index in [1.807, 2.05) is 12.1 Å². The summed E-state index contributed by atoms with van der Waals surface area (Å²) in [5, 5.41) is 1.37. The van der Waals surface area contributed by atoms with Crippen LogP contribution in [0.1, 0.15) is 5.56 Å². The van der Waals surface area contributed by atoms with Gasteiger partial charge in [0.25, 0.3) is 0 Å². The van der Waals surface area contributed by atoms with Crippen molar-refractivity contribution >= 4 is 44.4 Å². The van der Waals surface area contributed by atoms with Gasteiger partial charge < -0.3 is 9.64 Å². The van der Waals surface area contributed by atoms with E-state index in [1.165, 1.54) is 3.97 Å². The molecule has 0 N–H and O–H groups in total. The largest absolute Gasteiger partial charge is 0.378 e. The van der Waals surface area contributed by atoms with Gasteiger partial charge in [0.05, 0.1) is 24.5 Å². The summed E-state index contributed by atoms with van der Waals surface area (Å²) in [6.45, 7) is 3.08. The minimum atomic E-state index is -3.51. The smallest absolute Gasteiger partial charge is 0.242 e. The number of hydrogen-bond donors (Lipinski definition) is 0. The van der Waals surface area contributed by atoms with E-state index in [4.69, 9.17) is 16.3 Å². The molecule has 0 saturated carbocycles. The number of rotatable bonds is 5. The fraction of sp³-hybridized carbons (Fsp3) is 0.250. The third-order valence-corrected chi connectivity index (χ3v) is 6.41. The molecule has 3 aromatic rings. The molecule has 4 rings (SSSR count). The predicted molar refractivity (Wildman–Crippen MR) is 112 cm³/mol. The van der Waals surface area contributed by atoms with Crippen LogP contribution in [0.5, 0.6) is 0 Å². The average molecular weight is 418 g/mol. The van der Waals surface area contributed by atoms with Gasteiger partial charge in [-0.1, -0.05) is 23.8 Å². The molecule has 0 aliphatic carbocycles. The van der Waals surface area contributed by atoms with Gasteiger partial charge in [-0.3, -0.25) is 0 Å². The number of hydrogen-bond acceptors (Lipinski definition) is 5. The maximum absolute atomic E-state index is 12.7. The number of pyridine rings is 1. The summed E-state index contributed by atoms with van der Waals surface area (Å²) in [6.07, 6.45) is 6.72. The van der Waals surface area contributed by atoms with Crippen LogP contribution >= 0.6 is 11.6 Å². The second-order valence-electron chi connectivity index (χ2n) is 6.54. The molecule has 1 aliphatic heterocycles. The molecule has 1 aliphatic rings. The van der Waals surface area contributed by atoms with Crippen molar-refractivity contribution in [3.8, 4) is 0 Å². The van der Waals surface area contributed by atoms with Crippen LogP contribution in [0.2, 0.25) is 5.02 Å². The van der Waals surface area contributed by atoms with E-state index in [2.05, 4.69) is 9.88 Å². The van der Waals surface area contributed by atoms with Gasteiger partial charge in [0.15, 0.2) is 0 Å². The van der Waals surface area contributed by atoms with Crippen LogP contribution < -0.4 is 4.90 Å². The Balaban J connectivity index is 1.46. The number of ether oxygens (including phenoxy) is 1. The normalized spacial score (nSPS) is 15.5. The molecule has 0 amide bonds. The number of anilines is 1. The second-order valence-corrected chi connectivity index (χ2v) is 8.87. The Morgan fingerprint density at radius 3 is 2.71 bits per heavy atom. The molecule has 28 heavy (non-hydrogen) atoms. The molecule has 1 aromatic carbocycles. The van der Waals surface area contributed by atoms with Crippen molar-refractivity contribution in [2.75, 3.05) is 37.0 Å². The van der Waals surface area contributed by atoms with Crippen molar-refractivity contribution in [2.45, 2.75) is 0 Å². The van der Waals surface area contributed by atoms with Crippen molar-refractivity contribution < 1.29 is 13.2 Å². The monoisotopic (exact) mass is 417 g/mol. The van der Waals surface area contributed by atoms with Gasteiger partial charge in [0.1, 0.15) is 5.82 Å². The van der Waals surface area contributed by atoms with E-state index in [1.54, 1.807) is 48.8 Å². The van der Waals surface area contributed by atoms with E-state index in [-0.39, 0.29) is 5.75 Å². The fourth-order valence-electron chi connectivity index (χ4n) is 3.19. The van der Waals surface area contributed by atoms with Crippen molar-refractivity contribution in [2.24, 2.45) is 0 Å². The highest BCUT2D eigenvalue weighted by Gasteiger charge is 2.15. The van der Waals surface area contributed by atoms with Gasteiger partial charge in [-0.05, 0) is 42.0 Å². The third kappa shape index (κ3) is 4.06. The lowest BCUT2D eigenvalue weighted by molar-refractivity contribution is 0.122. The van der Waals surface area contributed by atoms with Crippen molar-refractivity contribution in [1.82, 2.24) is 8.96 Å². The van der Waals surface area contributed by atoms with E-state index in [9.17, 15) is 8.42 Å². The Hall–Kier alpha value is -2.35. The Morgan fingerprint density at radius 1 is 1.14 bits per heavy atom. The number of benzene rings is 1. The first-order chi connectivity index (χ1) is 13.5. The van der Waals surface area contributed by atoms with Gasteiger partial charge in [-0.2, -0.15) is 0 Å². The van der Waals surface area contributed by atoms with Crippen molar-refractivity contribution in [3.63, 3.8) is 0 Å². The second kappa shape index (κ2) is 7.95. The number of nitrogens with zero attached hydrogens (tertiary/aromatic N) is 3. The van der Waals surface area contributed by atoms with Crippen LogP contribution in [-0.4, -0.2) is 49.4 Å². The molecule has 0 radical (unpaired) electrons. The van der Waals surface area contributed by atoms with Gasteiger partial charge >= 0.3 is 0 Å². The number of morpholine rings is 1. The molecule has 1 fully saturated rings. The summed E-state index contributed by atoms with van der Waals surface area (Å²) in [6, 6.07) is 10.8. The van der Waals surface area contributed by atoms with E-state index >= 15 is 0 Å². The van der Waals surface area contributed by atoms with Crippen LogP contribution in [-0.2, 0) is 14.8 Å². The molecule has 0 unspecified atom stereocenters. The van der Waals surface area contributed by atoms with E-state index in [0.29, 0.717) is 23.8 Å². The molecule has 146 valence electrons. The molecule has 6 nitrogen and oxygen atoms in total. The lowest BCUT2D eigenvalue weighted by Gasteiger charge is -2.27. The summed E-state index contributed by atoms with van der Waals surface area (Å²) in [5.74, 6) is 0.801. The summed E-state index contributed by atoms with van der Waals surface area (Å²) >= 11 is 5.97. The van der Waals surface area contributed by atoms with Crippen molar-refractivity contribution in [3.05, 3.63) is 65.5 Å². The first kappa shape index (κ1) is 19.0. The molecule has 3 heterocycles. The van der Waals surface area contributed by atoms with Crippen LogP contribution in [0.4, 0.5) is 5.82 Å². The third-order valence-electron chi connectivity index (χ3n) is 4.64. The van der Waals surface area contributed by atoms with Crippen LogP contribution in [0.3, 0.4) is 0 Å². The topological polar surface area (TPSA) is 64.4 Å². The minimum Gasteiger partial charge on any atom is -0.378 e. The highest BCUT2D eigenvalue weighted by Crippen LogP contribution is 2.22. The van der Waals surface area contributed by atoms with E-state index in [0.717, 1.165) is 29.9 Å². The maximum Gasteiger partial charge on any atom is 0.242 e. The van der Waals surface area contributed by atoms with Gasteiger partial charge in [0, 0.05) is 35.9 Å². The van der Waals surface area contributed by atoms with Gasteiger partial charge in [-0.15, -0.1) is 0 Å². The van der Waals surface area contributed by atoms with E-state index < -0.39 is 10.0 Å². The average Bonchev–Trinajstić information content (AvgIpc) is 3.13. The lowest BCUT2D eigenvalue weighted by atomic mass is 10.2. The summed E-state index contributed by atoms with van der Waals surface area (Å²) in [5.41, 5.74) is 1.48. The first-order valence-corrected chi connectivity index (χ1v) is 11.0. The minimum absolute atomic E-state index is 0.107. The highest BCUT2D eigenvalue weighted by atomic mass is 35.5. The molecule has 2 aromatic heterocycles. The Kier molecular flexibility index (Phi) is 5.39. The Bertz CT molecular complexity index is 1100. The predicted octanol–water partition coefficient (Wildman–Crippen LogP) is 3.42. The molecular formula is C20H20ClN3O3S. The standard InChI is InChI=1S/C20H20ClN3O3S/c21-18-4-5-19-17(14-18)7-8-24(19)28(25,26)13-1-2-16-3-6-20(22-15-16)23-9-11-27-12-10-23/h1-8,14-15H,9-13H2. The summed E-state index contributed by atoms with van der Waals surface area (Å²) in [4.78, 5) is 6.64. The summed E-state index contributed by atoms with van der Waals surface area (Å²) < 4.78 is 32.0. The molecule has 0 atom stereocenters. The van der Waals surface area contributed by atoms with Gasteiger partial charge in [0.2, 0.25) is 10.0 Å². The maximum atomic E-state index is 12.7. The zero-order valence-corrected chi connectivity index (χ0v) is 16.7. The van der Waals surface area contributed by atoms with Crippen molar-refractivity contribution in [1.29, 1.82) is 0 Å². The lowest BCUT2D eigenvalue weighted by Crippen LogP contribution is -2.36. The molecule has 0 spiro atoms. The molecule has 1 saturated heterocycles. The number of aromatic nitrogens is 2.